The number of benzene rings is 1. The molecule has 0 aliphatic heterocycles. The second-order valence-electron chi connectivity index (χ2n) is 3.88. The number of aromatic nitrogens is 2. The molecule has 0 spiro atoms. The molecule has 0 bridgehead atoms. The highest BCUT2D eigenvalue weighted by molar-refractivity contribution is 5.95. The number of aromatic carboxylic acids is 1. The quantitative estimate of drug-likeness (QED) is 0.909. The molecule has 2 N–H and O–H groups in total. The van der Waals surface area contributed by atoms with Crippen molar-refractivity contribution in [2.45, 2.75) is 6.18 Å². The normalized spacial score (nSPS) is 11.4. The summed E-state index contributed by atoms with van der Waals surface area (Å²) in [5, 5.41) is 14.9. The number of hydrogen-bond donors (Lipinski definition) is 2. The Bertz CT molecular complexity index is 650. The van der Waals surface area contributed by atoms with Crippen LogP contribution in [-0.2, 0) is 6.18 Å². The maximum atomic E-state index is 12.7. The lowest BCUT2D eigenvalue weighted by Crippen LogP contribution is -2.06. The number of H-pyrrole nitrogens is 1. The van der Waals surface area contributed by atoms with Crippen LogP contribution in [0.2, 0.25) is 0 Å². The molecule has 1 aromatic heterocycles. The molecular formula is C12H9F3N2O3. The van der Waals surface area contributed by atoms with Crippen molar-refractivity contribution in [1.29, 1.82) is 0 Å². The fraction of sp³-hybridized carbons (Fsp3) is 0.167. The Hall–Kier alpha value is -2.51. The predicted molar refractivity (Wildman–Crippen MR) is 62.5 cm³/mol. The summed E-state index contributed by atoms with van der Waals surface area (Å²) in [4.78, 5) is 11.0. The molecule has 0 amide bonds. The Balaban J connectivity index is 2.65. The van der Waals surface area contributed by atoms with Crippen molar-refractivity contribution in [2.75, 3.05) is 7.11 Å². The second-order valence-corrected chi connectivity index (χ2v) is 3.88. The van der Waals surface area contributed by atoms with Gasteiger partial charge in [0.25, 0.3) is 0 Å². The van der Waals surface area contributed by atoms with Crippen molar-refractivity contribution in [2.24, 2.45) is 0 Å². The number of halogens is 3. The molecule has 0 radical (unpaired) electrons. The molecule has 8 heteroatoms. The van der Waals surface area contributed by atoms with Crippen LogP contribution in [0.1, 0.15) is 15.9 Å². The van der Waals surface area contributed by atoms with Gasteiger partial charge < -0.3 is 9.84 Å². The van der Waals surface area contributed by atoms with Crippen molar-refractivity contribution >= 4 is 5.97 Å². The summed E-state index contributed by atoms with van der Waals surface area (Å²) in [6.07, 6.45) is -3.51. The van der Waals surface area contributed by atoms with E-state index in [1.807, 2.05) is 0 Å². The number of rotatable bonds is 3. The average molecular weight is 286 g/mol. The predicted octanol–water partition coefficient (Wildman–Crippen LogP) is 2.80. The lowest BCUT2D eigenvalue weighted by Gasteiger charge is -2.12. The maximum Gasteiger partial charge on any atom is 0.416 e. The highest BCUT2D eigenvalue weighted by Gasteiger charge is 2.32. The minimum Gasteiger partial charge on any atom is -0.496 e. The Labute approximate surface area is 111 Å². The zero-order chi connectivity index (χ0) is 14.9. The van der Waals surface area contributed by atoms with Crippen LogP contribution in [0.4, 0.5) is 13.2 Å². The van der Waals surface area contributed by atoms with Gasteiger partial charge >= 0.3 is 12.1 Å². The topological polar surface area (TPSA) is 75.2 Å². The second kappa shape index (κ2) is 4.87. The van der Waals surface area contributed by atoms with Gasteiger partial charge in [-0.2, -0.15) is 18.3 Å². The molecule has 2 aromatic rings. The summed E-state index contributed by atoms with van der Waals surface area (Å²) in [6.45, 7) is 0. The first-order chi connectivity index (χ1) is 9.34. The first-order valence-electron chi connectivity index (χ1n) is 5.37. The molecule has 0 fully saturated rings. The largest absolute Gasteiger partial charge is 0.496 e. The molecule has 20 heavy (non-hydrogen) atoms. The molecule has 0 atom stereocenters. The molecule has 0 aliphatic rings. The van der Waals surface area contributed by atoms with Gasteiger partial charge in [-0.15, -0.1) is 0 Å². The number of ether oxygens (including phenoxy) is 1. The number of carbonyl (C=O) groups is 1. The lowest BCUT2D eigenvalue weighted by atomic mass is 10.0. The van der Waals surface area contributed by atoms with Crippen LogP contribution < -0.4 is 4.74 Å². The van der Waals surface area contributed by atoms with Gasteiger partial charge in [-0.05, 0) is 18.2 Å². The molecule has 0 saturated heterocycles. The van der Waals surface area contributed by atoms with Gasteiger partial charge in [0.15, 0.2) is 0 Å². The van der Waals surface area contributed by atoms with Crippen LogP contribution >= 0.6 is 0 Å². The summed E-state index contributed by atoms with van der Waals surface area (Å²) in [5.74, 6) is -1.18. The molecule has 0 aliphatic carbocycles. The van der Waals surface area contributed by atoms with E-state index in [0.29, 0.717) is 0 Å². The van der Waals surface area contributed by atoms with Crippen molar-refractivity contribution in [3.63, 3.8) is 0 Å². The summed E-state index contributed by atoms with van der Waals surface area (Å²) in [6, 6.07) is 2.81. The monoisotopic (exact) mass is 286 g/mol. The van der Waals surface area contributed by atoms with E-state index < -0.39 is 17.7 Å². The van der Waals surface area contributed by atoms with E-state index in [-0.39, 0.29) is 22.6 Å². The van der Waals surface area contributed by atoms with Gasteiger partial charge in [-0.25, -0.2) is 4.79 Å². The van der Waals surface area contributed by atoms with Crippen LogP contribution in [0.25, 0.3) is 11.3 Å². The number of methoxy groups -OCH3 is 1. The van der Waals surface area contributed by atoms with Gasteiger partial charge in [0.1, 0.15) is 11.3 Å². The summed E-state index contributed by atoms with van der Waals surface area (Å²) in [5.41, 5.74) is -1.19. The molecule has 0 saturated carbocycles. The number of alkyl halides is 3. The standard InChI is InChI=1S/C12H9F3N2O3/c1-20-9-3-2-6(12(13,14)15)4-7(9)10-8(11(18)19)5-16-17-10/h2-5H,1H3,(H,16,17)(H,18,19). The van der Waals surface area contributed by atoms with E-state index in [1.165, 1.54) is 7.11 Å². The Morgan fingerprint density at radius 3 is 2.65 bits per heavy atom. The molecule has 106 valence electrons. The molecule has 5 nitrogen and oxygen atoms in total. The van der Waals surface area contributed by atoms with Crippen molar-refractivity contribution in [3.05, 3.63) is 35.5 Å². The van der Waals surface area contributed by atoms with Crippen LogP contribution in [0.15, 0.2) is 24.4 Å². The zero-order valence-electron chi connectivity index (χ0n) is 10.2. The third kappa shape index (κ3) is 2.44. The first-order valence-corrected chi connectivity index (χ1v) is 5.37. The molecular weight excluding hydrogens is 277 g/mol. The minimum atomic E-state index is -4.54. The van der Waals surface area contributed by atoms with E-state index in [9.17, 15) is 18.0 Å². The number of nitrogens with zero attached hydrogens (tertiary/aromatic N) is 1. The zero-order valence-corrected chi connectivity index (χ0v) is 10.2. The fourth-order valence-corrected chi connectivity index (χ4v) is 1.73. The van der Waals surface area contributed by atoms with Gasteiger partial charge in [-0.1, -0.05) is 0 Å². The summed E-state index contributed by atoms with van der Waals surface area (Å²) >= 11 is 0. The molecule has 0 unspecified atom stereocenters. The van der Waals surface area contributed by atoms with Gasteiger partial charge in [0.2, 0.25) is 0 Å². The van der Waals surface area contributed by atoms with E-state index in [2.05, 4.69) is 10.2 Å². The maximum absolute atomic E-state index is 12.7. The van der Waals surface area contributed by atoms with Crippen molar-refractivity contribution < 1.29 is 27.8 Å². The average Bonchev–Trinajstić information content (AvgIpc) is 2.86. The third-order valence-electron chi connectivity index (χ3n) is 2.67. The third-order valence-corrected chi connectivity index (χ3v) is 2.67. The van der Waals surface area contributed by atoms with Gasteiger partial charge in [0, 0.05) is 5.56 Å². The SMILES string of the molecule is COc1ccc(C(F)(F)F)cc1-c1[nH]ncc1C(=O)O. The van der Waals surface area contributed by atoms with Gasteiger partial charge in [0.05, 0.1) is 24.6 Å². The first kappa shape index (κ1) is 13.9. The number of nitrogens with one attached hydrogen (secondary N) is 1. The van der Waals surface area contributed by atoms with Crippen LogP contribution in [0.5, 0.6) is 5.75 Å². The van der Waals surface area contributed by atoms with E-state index >= 15 is 0 Å². The molecule has 2 rings (SSSR count). The van der Waals surface area contributed by atoms with E-state index in [1.54, 1.807) is 0 Å². The molecule has 1 aromatic carbocycles. The van der Waals surface area contributed by atoms with Crippen LogP contribution in [0.3, 0.4) is 0 Å². The van der Waals surface area contributed by atoms with Crippen molar-refractivity contribution in [1.82, 2.24) is 10.2 Å². The van der Waals surface area contributed by atoms with Crippen molar-refractivity contribution in [3.8, 4) is 17.0 Å². The van der Waals surface area contributed by atoms with E-state index in [4.69, 9.17) is 9.84 Å². The highest BCUT2D eigenvalue weighted by Crippen LogP contribution is 2.37. The fourth-order valence-electron chi connectivity index (χ4n) is 1.73. The Kier molecular flexibility index (Phi) is 3.39. The van der Waals surface area contributed by atoms with Crippen LogP contribution in [-0.4, -0.2) is 28.4 Å². The number of hydrogen-bond acceptors (Lipinski definition) is 3. The summed E-state index contributed by atoms with van der Waals surface area (Å²) < 4.78 is 43.1. The molecule has 1 heterocycles. The number of aromatic amines is 1. The van der Waals surface area contributed by atoms with Crippen LogP contribution in [0, 0.1) is 0 Å². The Morgan fingerprint density at radius 2 is 2.10 bits per heavy atom. The highest BCUT2D eigenvalue weighted by atomic mass is 19.4. The lowest BCUT2D eigenvalue weighted by molar-refractivity contribution is -0.137. The van der Waals surface area contributed by atoms with Gasteiger partial charge in [-0.3, -0.25) is 5.10 Å². The number of carboxylic acids is 1. The minimum absolute atomic E-state index is 0.0165. The smallest absolute Gasteiger partial charge is 0.416 e. The van der Waals surface area contributed by atoms with E-state index in [0.717, 1.165) is 24.4 Å². The Morgan fingerprint density at radius 1 is 1.40 bits per heavy atom. The summed E-state index contributed by atoms with van der Waals surface area (Å²) in [7, 11) is 1.28. The number of carboxylic acid groups (broad SMARTS) is 1.